The van der Waals surface area contributed by atoms with Crippen molar-refractivity contribution in [3.05, 3.63) is 104 Å². The summed E-state index contributed by atoms with van der Waals surface area (Å²) in [4.78, 5) is 37.4. The van der Waals surface area contributed by atoms with Gasteiger partial charge < -0.3 is 9.47 Å². The van der Waals surface area contributed by atoms with Gasteiger partial charge in [-0.05, 0) is 53.6 Å². The zero-order valence-electron chi connectivity index (χ0n) is 19.1. The molecule has 0 aliphatic carbocycles. The maximum atomic E-state index is 12.9. The van der Waals surface area contributed by atoms with E-state index in [1.807, 2.05) is 31.2 Å². The molecule has 1 heterocycles. The molecule has 178 valence electrons. The molecular formula is C26H22N2O6S. The Balaban J connectivity index is 1.47. The zero-order valence-corrected chi connectivity index (χ0v) is 19.9. The molecule has 0 radical (unpaired) electrons. The van der Waals surface area contributed by atoms with Gasteiger partial charge in [-0.2, -0.15) is 0 Å². The number of nitro benzene ring substituents is 1. The Bertz CT molecular complexity index is 1320. The number of hydrogen-bond acceptors (Lipinski definition) is 7. The number of nitro groups is 1. The number of hydrogen-bond donors (Lipinski definition) is 0. The number of benzene rings is 3. The van der Waals surface area contributed by atoms with Crippen LogP contribution in [0.2, 0.25) is 0 Å². The average molecular weight is 491 g/mol. The number of rotatable bonds is 8. The molecule has 0 bridgehead atoms. The molecule has 4 rings (SSSR count). The van der Waals surface area contributed by atoms with E-state index in [4.69, 9.17) is 9.47 Å². The Hall–Kier alpha value is -4.11. The fourth-order valence-electron chi connectivity index (χ4n) is 3.48. The Morgan fingerprint density at radius 2 is 1.77 bits per heavy atom. The third-order valence-electron chi connectivity index (χ3n) is 5.34. The highest BCUT2D eigenvalue weighted by molar-refractivity contribution is 8.18. The van der Waals surface area contributed by atoms with Crippen LogP contribution < -0.4 is 9.47 Å². The Kier molecular flexibility index (Phi) is 7.17. The van der Waals surface area contributed by atoms with Gasteiger partial charge in [0.15, 0.2) is 11.5 Å². The maximum absolute atomic E-state index is 12.9. The number of carbonyl (C=O) groups excluding carboxylic acids is 2. The number of aryl methyl sites for hydroxylation is 1. The Labute approximate surface area is 206 Å². The molecule has 35 heavy (non-hydrogen) atoms. The molecule has 9 heteroatoms. The number of nitrogens with zero attached hydrogens (tertiary/aromatic N) is 2. The van der Waals surface area contributed by atoms with Crippen LogP contribution >= 0.6 is 11.8 Å². The monoisotopic (exact) mass is 490 g/mol. The third-order valence-corrected chi connectivity index (χ3v) is 6.24. The normalized spacial score (nSPS) is 14.5. The minimum Gasteiger partial charge on any atom is -0.493 e. The second kappa shape index (κ2) is 10.4. The molecule has 0 aromatic heterocycles. The number of non-ortho nitro benzene ring substituents is 1. The second-order valence-corrected chi connectivity index (χ2v) is 8.87. The highest BCUT2D eigenvalue weighted by Gasteiger charge is 2.35. The van der Waals surface area contributed by atoms with Crippen LogP contribution in [-0.2, 0) is 17.9 Å². The quantitative estimate of drug-likeness (QED) is 0.226. The summed E-state index contributed by atoms with van der Waals surface area (Å²) in [6, 6.07) is 19.0. The number of ether oxygens (including phenoxy) is 2. The molecule has 1 aliphatic rings. The van der Waals surface area contributed by atoms with Crippen LogP contribution in [0.3, 0.4) is 0 Å². The molecule has 8 nitrogen and oxygen atoms in total. The largest absolute Gasteiger partial charge is 0.493 e. The molecule has 0 N–H and O–H groups in total. The first-order valence-electron chi connectivity index (χ1n) is 10.7. The molecule has 0 spiro atoms. The predicted molar refractivity (Wildman–Crippen MR) is 133 cm³/mol. The molecule has 1 saturated heterocycles. The van der Waals surface area contributed by atoms with Gasteiger partial charge in [-0.25, -0.2) is 0 Å². The van der Waals surface area contributed by atoms with E-state index in [1.54, 1.807) is 36.4 Å². The minimum absolute atomic E-state index is 0.00950. The minimum atomic E-state index is -0.457. The van der Waals surface area contributed by atoms with Gasteiger partial charge in [0.2, 0.25) is 0 Å². The Morgan fingerprint density at radius 1 is 1.00 bits per heavy atom. The van der Waals surface area contributed by atoms with E-state index in [9.17, 15) is 19.7 Å². The predicted octanol–water partition coefficient (Wildman–Crippen LogP) is 5.73. The summed E-state index contributed by atoms with van der Waals surface area (Å²) in [5, 5.41) is 10.7. The van der Waals surface area contributed by atoms with Gasteiger partial charge in [0.25, 0.3) is 16.8 Å². The summed E-state index contributed by atoms with van der Waals surface area (Å²) in [6.07, 6.45) is 1.65. The summed E-state index contributed by atoms with van der Waals surface area (Å²) in [5.74, 6) is 0.539. The fourth-order valence-corrected chi connectivity index (χ4v) is 4.32. The number of methoxy groups -OCH3 is 1. The first kappa shape index (κ1) is 24.0. The van der Waals surface area contributed by atoms with Crippen LogP contribution in [0.25, 0.3) is 6.08 Å². The lowest BCUT2D eigenvalue weighted by molar-refractivity contribution is -0.384. The third kappa shape index (κ3) is 5.70. The topological polar surface area (TPSA) is 99.0 Å². The highest BCUT2D eigenvalue weighted by Crippen LogP contribution is 2.35. The van der Waals surface area contributed by atoms with Gasteiger partial charge in [0, 0.05) is 12.1 Å². The first-order valence-corrected chi connectivity index (χ1v) is 11.5. The van der Waals surface area contributed by atoms with Crippen LogP contribution in [0.1, 0.15) is 22.3 Å². The zero-order chi connectivity index (χ0) is 24.9. The molecule has 3 aromatic rings. The van der Waals surface area contributed by atoms with Gasteiger partial charge in [-0.3, -0.25) is 24.6 Å². The summed E-state index contributed by atoms with van der Waals surface area (Å²) in [7, 11) is 1.49. The van der Waals surface area contributed by atoms with Crippen molar-refractivity contribution in [1.29, 1.82) is 0 Å². The van der Waals surface area contributed by atoms with E-state index < -0.39 is 4.92 Å². The van der Waals surface area contributed by atoms with Crippen LogP contribution in [-0.4, -0.2) is 28.1 Å². The molecule has 0 atom stereocenters. The van der Waals surface area contributed by atoms with E-state index in [2.05, 4.69) is 0 Å². The van der Waals surface area contributed by atoms with E-state index in [0.29, 0.717) is 27.5 Å². The van der Waals surface area contributed by atoms with E-state index >= 15 is 0 Å². The highest BCUT2D eigenvalue weighted by atomic mass is 32.2. The second-order valence-electron chi connectivity index (χ2n) is 7.88. The number of carbonyl (C=O) groups is 2. The number of thioether (sulfide) groups is 1. The van der Waals surface area contributed by atoms with Crippen molar-refractivity contribution in [2.45, 2.75) is 20.1 Å². The van der Waals surface area contributed by atoms with Crippen LogP contribution in [0.5, 0.6) is 11.5 Å². The molecule has 0 saturated carbocycles. The van der Waals surface area contributed by atoms with Gasteiger partial charge in [0.1, 0.15) is 6.61 Å². The summed E-state index contributed by atoms with van der Waals surface area (Å²) >= 11 is 0.899. The van der Waals surface area contributed by atoms with Crippen molar-refractivity contribution < 1.29 is 24.0 Å². The fraction of sp³-hybridized carbons (Fsp3) is 0.154. The first-order chi connectivity index (χ1) is 16.8. The lowest BCUT2D eigenvalue weighted by atomic mass is 10.1. The molecule has 0 unspecified atom stereocenters. The average Bonchev–Trinajstić information content (AvgIpc) is 3.11. The number of amides is 2. The van der Waals surface area contributed by atoms with Crippen molar-refractivity contribution in [2.75, 3.05) is 7.11 Å². The van der Waals surface area contributed by atoms with Crippen molar-refractivity contribution in [1.82, 2.24) is 4.90 Å². The van der Waals surface area contributed by atoms with E-state index in [-0.39, 0.29) is 30.0 Å². The summed E-state index contributed by atoms with van der Waals surface area (Å²) < 4.78 is 11.2. The van der Waals surface area contributed by atoms with Crippen molar-refractivity contribution in [2.24, 2.45) is 0 Å². The SMILES string of the molecule is COc1cc(/C=C2\SC(=O)N(Cc3ccc(C)cc3)C2=O)ccc1OCc1cccc([N+](=O)[O-])c1. The summed E-state index contributed by atoms with van der Waals surface area (Å²) in [6.45, 7) is 2.32. The van der Waals surface area contributed by atoms with Gasteiger partial charge >= 0.3 is 0 Å². The smallest absolute Gasteiger partial charge is 0.293 e. The van der Waals surface area contributed by atoms with Crippen LogP contribution in [0, 0.1) is 17.0 Å². The number of imide groups is 1. The molecular weight excluding hydrogens is 468 g/mol. The van der Waals surface area contributed by atoms with Gasteiger partial charge in [0.05, 0.1) is 23.5 Å². The van der Waals surface area contributed by atoms with Crippen molar-refractivity contribution >= 4 is 34.7 Å². The van der Waals surface area contributed by atoms with Crippen molar-refractivity contribution in [3.63, 3.8) is 0 Å². The molecule has 3 aromatic carbocycles. The van der Waals surface area contributed by atoms with Crippen LogP contribution in [0.15, 0.2) is 71.6 Å². The van der Waals surface area contributed by atoms with Gasteiger partial charge in [-0.1, -0.05) is 48.0 Å². The van der Waals surface area contributed by atoms with E-state index in [1.165, 1.54) is 24.1 Å². The molecule has 1 fully saturated rings. The van der Waals surface area contributed by atoms with Crippen LogP contribution in [0.4, 0.5) is 10.5 Å². The lowest BCUT2D eigenvalue weighted by Crippen LogP contribution is -2.27. The van der Waals surface area contributed by atoms with Gasteiger partial charge in [-0.15, -0.1) is 0 Å². The molecule has 1 aliphatic heterocycles. The van der Waals surface area contributed by atoms with Crippen molar-refractivity contribution in [3.8, 4) is 11.5 Å². The summed E-state index contributed by atoms with van der Waals surface area (Å²) in [5.41, 5.74) is 3.29. The van der Waals surface area contributed by atoms with E-state index in [0.717, 1.165) is 22.9 Å². The Morgan fingerprint density at radius 3 is 2.49 bits per heavy atom. The maximum Gasteiger partial charge on any atom is 0.293 e. The lowest BCUT2D eigenvalue weighted by Gasteiger charge is -2.13. The molecule has 2 amide bonds. The standard InChI is InChI=1S/C26H22N2O6S/c1-17-6-8-18(9-7-17)15-27-25(29)24(35-26(27)30)14-19-10-11-22(23(13-19)33-2)34-16-20-4-3-5-21(12-20)28(31)32/h3-14H,15-16H2,1-2H3/b24-14-.